The first-order chi connectivity index (χ1) is 12.7. The Bertz CT molecular complexity index is 867. The number of carbonyl (C=O) groups excluding carboxylic acids is 2. The average molecular weight is 506 g/mol. The normalized spacial score (nSPS) is 9.89. The maximum Gasteiger partial charge on any atom is 0.339 e. The molecule has 27 heavy (non-hydrogen) atoms. The molecule has 0 unspecified atom stereocenters. The minimum atomic E-state index is -0.480. The molecule has 0 aliphatic heterocycles. The zero-order chi connectivity index (χ0) is 20.6. The second-order valence-electron chi connectivity index (χ2n) is 5.23. The van der Waals surface area contributed by atoms with E-state index in [-0.39, 0.29) is 11.7 Å². The fraction of sp³-hybridized carbons (Fsp3) is 0.294. The molecule has 146 valence electrons. The highest BCUT2D eigenvalue weighted by Gasteiger charge is 2.11. The summed E-state index contributed by atoms with van der Waals surface area (Å²) < 4.78 is 15.4. The maximum atomic E-state index is 11.2. The Morgan fingerprint density at radius 1 is 1.04 bits per heavy atom. The quantitative estimate of drug-likeness (QED) is 0.635. The fourth-order valence-corrected chi connectivity index (χ4v) is 2.46. The van der Waals surface area contributed by atoms with Crippen molar-refractivity contribution in [1.82, 2.24) is 9.97 Å². The van der Waals surface area contributed by atoms with E-state index in [2.05, 4.69) is 51.3 Å². The number of halogens is 2. The molecule has 2 aromatic rings. The molecule has 0 saturated carbocycles. The predicted octanol–water partition coefficient (Wildman–Crippen LogP) is 3.34. The Hall–Kier alpha value is -2.20. The fourth-order valence-electron chi connectivity index (χ4n) is 1.66. The van der Waals surface area contributed by atoms with E-state index in [0.29, 0.717) is 26.0 Å². The first-order valence-electron chi connectivity index (χ1n) is 7.56. The van der Waals surface area contributed by atoms with Gasteiger partial charge in [-0.3, -0.25) is 4.79 Å². The number of aromatic nitrogens is 2. The van der Waals surface area contributed by atoms with Gasteiger partial charge in [0.25, 0.3) is 5.56 Å². The van der Waals surface area contributed by atoms with Crippen LogP contribution in [0.3, 0.4) is 0 Å². The topological polar surface area (TPSA) is 108 Å². The molecule has 0 aliphatic carbocycles. The Kier molecular flexibility index (Phi) is 9.16. The van der Waals surface area contributed by atoms with E-state index in [1.165, 1.54) is 32.7 Å². The number of ether oxygens (including phenoxy) is 3. The molecule has 0 amide bonds. The predicted molar refractivity (Wildman–Crippen MR) is 105 cm³/mol. The summed E-state index contributed by atoms with van der Waals surface area (Å²) in [7, 11) is 2.61. The molecule has 1 N–H and O–H groups in total. The summed E-state index contributed by atoms with van der Waals surface area (Å²) in [6, 6.07) is 3.03. The minimum Gasteiger partial charge on any atom is -0.474 e. The van der Waals surface area contributed by atoms with Crippen molar-refractivity contribution in [2.75, 3.05) is 14.2 Å². The molecular weight excluding hydrogens is 488 g/mol. The van der Waals surface area contributed by atoms with Gasteiger partial charge in [-0.2, -0.15) is 0 Å². The summed E-state index contributed by atoms with van der Waals surface area (Å²) in [5, 5.41) is 0. The number of nitrogens with one attached hydrogen (secondary N) is 1. The highest BCUT2D eigenvalue weighted by molar-refractivity contribution is 9.10. The summed E-state index contributed by atoms with van der Waals surface area (Å²) in [6.45, 7) is 3.81. The van der Waals surface area contributed by atoms with Crippen molar-refractivity contribution >= 4 is 43.8 Å². The number of hydrogen-bond donors (Lipinski definition) is 1. The van der Waals surface area contributed by atoms with Crippen LogP contribution in [0.25, 0.3) is 0 Å². The molecule has 2 aromatic heterocycles. The summed E-state index contributed by atoms with van der Waals surface area (Å²) in [6.07, 6.45) is 2.77. The average Bonchev–Trinajstić information content (AvgIpc) is 2.64. The zero-order valence-corrected chi connectivity index (χ0v) is 18.2. The maximum absolute atomic E-state index is 11.2. The van der Waals surface area contributed by atoms with E-state index in [0.717, 1.165) is 0 Å². The lowest BCUT2D eigenvalue weighted by Crippen LogP contribution is -2.10. The van der Waals surface area contributed by atoms with Gasteiger partial charge in [0.15, 0.2) is 0 Å². The second-order valence-corrected chi connectivity index (χ2v) is 6.93. The van der Waals surface area contributed by atoms with Gasteiger partial charge in [0.05, 0.1) is 40.4 Å². The number of rotatable bonds is 4. The lowest BCUT2D eigenvalue weighted by Gasteiger charge is -2.10. The number of carbonyl (C=O) groups is 2. The van der Waals surface area contributed by atoms with E-state index in [1.54, 1.807) is 6.07 Å². The lowest BCUT2D eigenvalue weighted by atomic mass is 10.3. The van der Waals surface area contributed by atoms with E-state index >= 15 is 0 Å². The monoisotopic (exact) mass is 504 g/mol. The molecule has 0 fully saturated rings. The van der Waals surface area contributed by atoms with Gasteiger partial charge in [-0.1, -0.05) is 0 Å². The first-order valence-corrected chi connectivity index (χ1v) is 9.15. The SMILES string of the molecule is COC(=O)c1c[nH]c(=O)c(Br)c1.COC(=O)c1cnc(OC(C)C)c(Br)c1. The van der Waals surface area contributed by atoms with Gasteiger partial charge < -0.3 is 19.2 Å². The molecule has 10 heteroatoms. The molecule has 0 atom stereocenters. The van der Waals surface area contributed by atoms with Crippen molar-refractivity contribution < 1.29 is 23.8 Å². The van der Waals surface area contributed by atoms with E-state index in [4.69, 9.17) is 4.74 Å². The smallest absolute Gasteiger partial charge is 0.339 e. The van der Waals surface area contributed by atoms with Crippen LogP contribution in [-0.2, 0) is 9.47 Å². The standard InChI is InChI=1S/C10H12BrNO3.C7H6BrNO3/c1-6(2)15-9-8(11)4-7(5-12-9)10(13)14-3;1-12-7(11)4-2-5(8)6(10)9-3-4/h4-6H,1-3H3;2-3H,1H3,(H,9,10). The van der Waals surface area contributed by atoms with Gasteiger partial charge >= 0.3 is 11.9 Å². The number of aromatic amines is 1. The third-order valence-corrected chi connectivity index (χ3v) is 4.01. The van der Waals surface area contributed by atoms with Crippen LogP contribution >= 0.6 is 31.9 Å². The van der Waals surface area contributed by atoms with Gasteiger partial charge in [0, 0.05) is 12.4 Å². The van der Waals surface area contributed by atoms with Crippen LogP contribution in [0.2, 0.25) is 0 Å². The van der Waals surface area contributed by atoms with Crippen molar-refractivity contribution in [2.45, 2.75) is 20.0 Å². The summed E-state index contributed by atoms with van der Waals surface area (Å²) in [5.41, 5.74) is 0.423. The molecule has 2 heterocycles. The van der Waals surface area contributed by atoms with Crippen LogP contribution in [0.15, 0.2) is 38.3 Å². The van der Waals surface area contributed by atoms with Crippen LogP contribution in [0.5, 0.6) is 5.88 Å². The Morgan fingerprint density at radius 3 is 2.07 bits per heavy atom. The first kappa shape index (κ1) is 22.8. The minimum absolute atomic E-state index is 0.0396. The van der Waals surface area contributed by atoms with Crippen LogP contribution in [0.1, 0.15) is 34.6 Å². The largest absolute Gasteiger partial charge is 0.474 e. The van der Waals surface area contributed by atoms with Crippen LogP contribution in [0, 0.1) is 0 Å². The van der Waals surface area contributed by atoms with Gasteiger partial charge in [-0.15, -0.1) is 0 Å². The van der Waals surface area contributed by atoms with Crippen molar-refractivity contribution in [1.29, 1.82) is 0 Å². The molecule has 0 aromatic carbocycles. The Balaban J connectivity index is 0.000000277. The third-order valence-electron chi connectivity index (χ3n) is 2.85. The number of nitrogens with zero attached hydrogens (tertiary/aromatic N) is 1. The van der Waals surface area contributed by atoms with Crippen molar-refractivity contribution in [3.8, 4) is 5.88 Å². The third kappa shape index (κ3) is 7.14. The molecule has 0 radical (unpaired) electrons. The van der Waals surface area contributed by atoms with Crippen LogP contribution in [0.4, 0.5) is 0 Å². The molecule has 0 spiro atoms. The van der Waals surface area contributed by atoms with Gasteiger partial charge in [-0.25, -0.2) is 14.6 Å². The van der Waals surface area contributed by atoms with Gasteiger partial charge in [0.1, 0.15) is 0 Å². The highest BCUT2D eigenvalue weighted by Crippen LogP contribution is 2.24. The van der Waals surface area contributed by atoms with Gasteiger partial charge in [-0.05, 0) is 57.8 Å². The summed E-state index contributed by atoms with van der Waals surface area (Å²) in [4.78, 5) is 39.3. The summed E-state index contributed by atoms with van der Waals surface area (Å²) in [5.74, 6) is -0.427. The van der Waals surface area contributed by atoms with Crippen molar-refractivity contribution in [2.24, 2.45) is 0 Å². The zero-order valence-electron chi connectivity index (χ0n) is 15.0. The number of methoxy groups -OCH3 is 2. The molecule has 0 saturated heterocycles. The number of pyridine rings is 2. The van der Waals surface area contributed by atoms with Crippen LogP contribution < -0.4 is 10.3 Å². The Labute approximate surface area is 172 Å². The van der Waals surface area contributed by atoms with Crippen molar-refractivity contribution in [3.63, 3.8) is 0 Å². The molecule has 8 nitrogen and oxygen atoms in total. The number of H-pyrrole nitrogens is 1. The summed E-state index contributed by atoms with van der Waals surface area (Å²) >= 11 is 6.27. The number of hydrogen-bond acceptors (Lipinski definition) is 7. The molecule has 2 rings (SSSR count). The van der Waals surface area contributed by atoms with E-state index in [9.17, 15) is 14.4 Å². The van der Waals surface area contributed by atoms with E-state index < -0.39 is 11.9 Å². The lowest BCUT2D eigenvalue weighted by molar-refractivity contribution is 0.0591. The van der Waals surface area contributed by atoms with E-state index in [1.807, 2.05) is 13.8 Å². The van der Waals surface area contributed by atoms with Gasteiger partial charge in [0.2, 0.25) is 5.88 Å². The highest BCUT2D eigenvalue weighted by atomic mass is 79.9. The second kappa shape index (κ2) is 10.8. The van der Waals surface area contributed by atoms with Crippen molar-refractivity contribution in [3.05, 3.63) is 55.0 Å². The van der Waals surface area contributed by atoms with Crippen LogP contribution in [-0.4, -0.2) is 42.2 Å². The molecule has 0 aliphatic rings. The molecular formula is C17H18Br2N2O6. The Morgan fingerprint density at radius 2 is 1.59 bits per heavy atom. The number of esters is 2. The molecule has 0 bridgehead atoms.